The van der Waals surface area contributed by atoms with Crippen LogP contribution in [-0.4, -0.2) is 24.7 Å². The van der Waals surface area contributed by atoms with Crippen molar-refractivity contribution in [1.29, 1.82) is 5.26 Å². The molecule has 152 valence electrons. The monoisotopic (exact) mass is 401 g/mol. The van der Waals surface area contributed by atoms with E-state index in [-0.39, 0.29) is 5.57 Å². The van der Waals surface area contributed by atoms with E-state index in [1.54, 1.807) is 31.4 Å². The molecule has 1 aromatic heterocycles. The second-order valence-corrected chi connectivity index (χ2v) is 6.69. The van der Waals surface area contributed by atoms with E-state index >= 15 is 0 Å². The average Bonchev–Trinajstić information content (AvgIpc) is 3.05. The molecule has 1 amide bonds. The Morgan fingerprint density at radius 2 is 1.73 bits per heavy atom. The summed E-state index contributed by atoms with van der Waals surface area (Å²) in [4.78, 5) is 12.7. The summed E-state index contributed by atoms with van der Waals surface area (Å²) in [5, 5.41) is 12.3. The van der Waals surface area contributed by atoms with Crippen LogP contribution in [0.3, 0.4) is 0 Å². The lowest BCUT2D eigenvalue weighted by Gasteiger charge is -2.10. The van der Waals surface area contributed by atoms with Crippen molar-refractivity contribution >= 4 is 17.7 Å². The minimum atomic E-state index is -0.491. The smallest absolute Gasteiger partial charge is 0.266 e. The first-order valence-corrected chi connectivity index (χ1v) is 9.38. The van der Waals surface area contributed by atoms with Gasteiger partial charge in [-0.15, -0.1) is 0 Å². The largest absolute Gasteiger partial charge is 0.493 e. The Hall–Kier alpha value is -3.98. The Kier molecular flexibility index (Phi) is 6.23. The maximum atomic E-state index is 12.7. The first-order valence-electron chi connectivity index (χ1n) is 9.38. The van der Waals surface area contributed by atoms with Crippen LogP contribution in [-0.2, 0) is 4.79 Å². The summed E-state index contributed by atoms with van der Waals surface area (Å²) in [6.07, 6.45) is 1.61. The highest BCUT2D eigenvalue weighted by Gasteiger charge is 2.15. The zero-order chi connectivity index (χ0) is 21.7. The molecule has 3 aromatic rings. The summed E-state index contributed by atoms with van der Waals surface area (Å²) in [5.41, 5.74) is 4.33. The van der Waals surface area contributed by atoms with Crippen molar-refractivity contribution in [2.75, 3.05) is 19.5 Å². The number of aromatic nitrogens is 1. The van der Waals surface area contributed by atoms with E-state index < -0.39 is 5.91 Å². The van der Waals surface area contributed by atoms with Gasteiger partial charge < -0.3 is 19.4 Å². The SMILES string of the molecule is COc1ccc(NC(=O)/C(C#N)=C/c2cc(C)n(-c3ccccc3)c2C)cc1OC. The fourth-order valence-electron chi connectivity index (χ4n) is 3.32. The fourth-order valence-corrected chi connectivity index (χ4v) is 3.32. The third kappa shape index (κ3) is 4.20. The van der Waals surface area contributed by atoms with Gasteiger partial charge in [-0.1, -0.05) is 18.2 Å². The number of anilines is 1. The molecule has 2 aromatic carbocycles. The molecule has 0 saturated heterocycles. The number of carbonyl (C=O) groups excluding carboxylic acids is 1. The molecule has 1 heterocycles. The predicted octanol–water partition coefficient (Wildman–Crippen LogP) is 4.66. The van der Waals surface area contributed by atoms with Crippen LogP contribution in [0.5, 0.6) is 11.5 Å². The number of ether oxygens (including phenoxy) is 2. The van der Waals surface area contributed by atoms with Crippen molar-refractivity contribution in [2.45, 2.75) is 13.8 Å². The lowest BCUT2D eigenvalue weighted by atomic mass is 10.1. The number of nitrogens with one attached hydrogen (secondary N) is 1. The molecule has 0 spiro atoms. The van der Waals surface area contributed by atoms with Crippen molar-refractivity contribution in [3.8, 4) is 23.3 Å². The van der Waals surface area contributed by atoms with Crippen LogP contribution in [0.15, 0.2) is 60.2 Å². The molecule has 0 fully saturated rings. The second-order valence-electron chi connectivity index (χ2n) is 6.69. The minimum absolute atomic E-state index is 0.0121. The van der Waals surface area contributed by atoms with Gasteiger partial charge in [0.1, 0.15) is 11.6 Å². The Bertz CT molecular complexity index is 1140. The molecule has 6 nitrogen and oxygen atoms in total. The van der Waals surface area contributed by atoms with E-state index in [9.17, 15) is 10.1 Å². The van der Waals surface area contributed by atoms with Gasteiger partial charge in [-0.25, -0.2) is 0 Å². The highest BCUT2D eigenvalue weighted by molar-refractivity contribution is 6.09. The van der Waals surface area contributed by atoms with Gasteiger partial charge in [-0.05, 0) is 55.8 Å². The normalized spacial score (nSPS) is 11.0. The number of nitriles is 1. The van der Waals surface area contributed by atoms with E-state index in [1.807, 2.05) is 56.3 Å². The van der Waals surface area contributed by atoms with E-state index in [4.69, 9.17) is 9.47 Å². The van der Waals surface area contributed by atoms with E-state index in [0.717, 1.165) is 22.6 Å². The van der Waals surface area contributed by atoms with Gasteiger partial charge >= 0.3 is 0 Å². The number of nitrogens with zero attached hydrogens (tertiary/aromatic N) is 2. The number of methoxy groups -OCH3 is 2. The van der Waals surface area contributed by atoms with Crippen LogP contribution in [0.4, 0.5) is 5.69 Å². The van der Waals surface area contributed by atoms with E-state index in [2.05, 4.69) is 9.88 Å². The number of aryl methyl sites for hydroxylation is 1. The Morgan fingerprint density at radius 3 is 2.37 bits per heavy atom. The van der Waals surface area contributed by atoms with Crippen molar-refractivity contribution < 1.29 is 14.3 Å². The molecule has 0 atom stereocenters. The van der Waals surface area contributed by atoms with Crippen molar-refractivity contribution in [3.05, 3.63) is 77.1 Å². The molecule has 0 aliphatic carbocycles. The minimum Gasteiger partial charge on any atom is -0.493 e. The van der Waals surface area contributed by atoms with Crippen molar-refractivity contribution in [3.63, 3.8) is 0 Å². The zero-order valence-electron chi connectivity index (χ0n) is 17.4. The number of hydrogen-bond acceptors (Lipinski definition) is 4. The maximum absolute atomic E-state index is 12.7. The standard InChI is InChI=1S/C24H23N3O3/c1-16-12-18(17(2)27(16)21-8-6-5-7-9-21)13-19(15-25)24(28)26-20-10-11-22(29-3)23(14-20)30-4/h5-14H,1-4H3,(H,26,28)/b19-13+. The summed E-state index contributed by atoms with van der Waals surface area (Å²) in [6, 6.07) is 18.9. The number of hydrogen-bond donors (Lipinski definition) is 1. The fraction of sp³-hybridized carbons (Fsp3) is 0.167. The molecule has 0 aliphatic rings. The Balaban J connectivity index is 1.90. The molecule has 3 rings (SSSR count). The topological polar surface area (TPSA) is 76.3 Å². The van der Waals surface area contributed by atoms with Crippen LogP contribution >= 0.6 is 0 Å². The molecule has 30 heavy (non-hydrogen) atoms. The zero-order valence-corrected chi connectivity index (χ0v) is 17.4. The summed E-state index contributed by atoms with van der Waals surface area (Å²) in [6.45, 7) is 3.96. The summed E-state index contributed by atoms with van der Waals surface area (Å²) in [5.74, 6) is 0.554. The second kappa shape index (κ2) is 9.01. The van der Waals surface area contributed by atoms with Crippen LogP contribution < -0.4 is 14.8 Å². The maximum Gasteiger partial charge on any atom is 0.266 e. The van der Waals surface area contributed by atoms with Crippen LogP contribution in [0, 0.1) is 25.2 Å². The first kappa shape index (κ1) is 20.7. The first-order chi connectivity index (χ1) is 14.5. The predicted molar refractivity (Wildman–Crippen MR) is 117 cm³/mol. The molecular weight excluding hydrogens is 378 g/mol. The number of para-hydroxylation sites is 1. The van der Waals surface area contributed by atoms with E-state index in [1.165, 1.54) is 7.11 Å². The van der Waals surface area contributed by atoms with Gasteiger partial charge in [0.05, 0.1) is 14.2 Å². The average molecular weight is 401 g/mol. The summed E-state index contributed by atoms with van der Waals surface area (Å²) < 4.78 is 12.5. The molecule has 0 aliphatic heterocycles. The molecule has 0 bridgehead atoms. The van der Waals surface area contributed by atoms with Crippen molar-refractivity contribution in [1.82, 2.24) is 4.57 Å². The van der Waals surface area contributed by atoms with Gasteiger partial charge in [0.2, 0.25) is 0 Å². The Morgan fingerprint density at radius 1 is 1.03 bits per heavy atom. The number of amides is 1. The number of benzene rings is 2. The quantitative estimate of drug-likeness (QED) is 0.482. The van der Waals surface area contributed by atoms with Gasteiger partial charge in [0.25, 0.3) is 5.91 Å². The highest BCUT2D eigenvalue weighted by Crippen LogP contribution is 2.30. The van der Waals surface area contributed by atoms with Crippen LogP contribution in [0.25, 0.3) is 11.8 Å². The van der Waals surface area contributed by atoms with Crippen LogP contribution in [0.1, 0.15) is 17.0 Å². The van der Waals surface area contributed by atoms with Crippen LogP contribution in [0.2, 0.25) is 0 Å². The third-order valence-corrected chi connectivity index (χ3v) is 4.79. The lowest BCUT2D eigenvalue weighted by molar-refractivity contribution is -0.112. The van der Waals surface area contributed by atoms with Crippen molar-refractivity contribution in [2.24, 2.45) is 0 Å². The van der Waals surface area contributed by atoms with Gasteiger partial charge in [0.15, 0.2) is 11.5 Å². The molecule has 0 saturated carbocycles. The van der Waals surface area contributed by atoms with Gasteiger partial charge in [-0.3, -0.25) is 4.79 Å². The van der Waals surface area contributed by atoms with E-state index in [0.29, 0.717) is 17.2 Å². The molecule has 1 N–H and O–H groups in total. The number of rotatable bonds is 6. The summed E-state index contributed by atoms with van der Waals surface area (Å²) in [7, 11) is 3.06. The highest BCUT2D eigenvalue weighted by atomic mass is 16.5. The van der Waals surface area contributed by atoms with Gasteiger partial charge in [-0.2, -0.15) is 5.26 Å². The molecule has 0 radical (unpaired) electrons. The third-order valence-electron chi connectivity index (χ3n) is 4.79. The van der Waals surface area contributed by atoms with Gasteiger partial charge in [0, 0.05) is 28.8 Å². The lowest BCUT2D eigenvalue weighted by Crippen LogP contribution is -2.13. The summed E-state index contributed by atoms with van der Waals surface area (Å²) >= 11 is 0. The Labute approximate surface area is 176 Å². The number of carbonyl (C=O) groups is 1. The molecular formula is C24H23N3O3. The molecule has 6 heteroatoms. The molecule has 0 unspecified atom stereocenters.